The number of hydrogen-bond donors (Lipinski definition) is 2. The van der Waals surface area contributed by atoms with Crippen LogP contribution in [0.15, 0.2) is 40.1 Å². The van der Waals surface area contributed by atoms with Crippen molar-refractivity contribution in [3.63, 3.8) is 0 Å². The van der Waals surface area contributed by atoms with E-state index >= 15 is 0 Å². The van der Waals surface area contributed by atoms with Crippen molar-refractivity contribution in [2.24, 2.45) is 0 Å². The number of rotatable bonds is 5. The molecule has 2 amide bonds. The van der Waals surface area contributed by atoms with Gasteiger partial charge >= 0.3 is 0 Å². The Morgan fingerprint density at radius 3 is 2.96 bits per heavy atom. The molecule has 0 bridgehead atoms. The van der Waals surface area contributed by atoms with Crippen LogP contribution in [0.1, 0.15) is 22.0 Å². The average Bonchev–Trinajstić information content (AvgIpc) is 3.15. The van der Waals surface area contributed by atoms with Gasteiger partial charge in [0, 0.05) is 25.6 Å². The predicted octanol–water partition coefficient (Wildman–Crippen LogP) is 2.96. The predicted molar refractivity (Wildman–Crippen MR) is 88.6 cm³/mol. The molecule has 6 nitrogen and oxygen atoms in total. The van der Waals surface area contributed by atoms with Gasteiger partial charge in [-0.3, -0.25) is 9.59 Å². The number of nitrogens with zero attached hydrogens (tertiary/aromatic N) is 1. The van der Waals surface area contributed by atoms with Gasteiger partial charge in [-0.05, 0) is 29.6 Å². The van der Waals surface area contributed by atoms with Gasteiger partial charge in [-0.25, -0.2) is 4.98 Å². The minimum Gasteiger partial charge on any atom is -0.441 e. The van der Waals surface area contributed by atoms with Gasteiger partial charge in [0.15, 0.2) is 11.5 Å². The molecule has 0 saturated carbocycles. The first-order valence-electron chi connectivity index (χ1n) is 7.10. The van der Waals surface area contributed by atoms with Crippen molar-refractivity contribution in [3.05, 3.63) is 46.5 Å². The van der Waals surface area contributed by atoms with Crippen LogP contribution in [0, 0.1) is 6.92 Å². The lowest BCUT2D eigenvalue weighted by Gasteiger charge is -2.06. The number of oxazole rings is 1. The van der Waals surface area contributed by atoms with Crippen LogP contribution in [-0.4, -0.2) is 23.3 Å². The molecular formula is C16H15N3O3S. The summed E-state index contributed by atoms with van der Waals surface area (Å²) in [6, 6.07) is 8.84. The molecule has 3 aromatic rings. The Kier molecular flexibility index (Phi) is 4.38. The van der Waals surface area contributed by atoms with E-state index < -0.39 is 0 Å². The highest BCUT2D eigenvalue weighted by Gasteiger charge is 2.09. The third kappa shape index (κ3) is 3.75. The number of carbonyl (C=O) groups excluding carboxylic acids is 2. The molecule has 1 aromatic carbocycles. The minimum atomic E-state index is -0.170. The number of aromatic nitrogens is 1. The fourth-order valence-corrected chi connectivity index (χ4v) is 2.77. The Morgan fingerprint density at radius 2 is 2.17 bits per heavy atom. The maximum Gasteiger partial charge on any atom is 0.261 e. The van der Waals surface area contributed by atoms with Crippen molar-refractivity contribution in [1.29, 1.82) is 0 Å². The van der Waals surface area contributed by atoms with E-state index in [-0.39, 0.29) is 24.8 Å². The molecule has 2 aromatic heterocycles. The lowest BCUT2D eigenvalue weighted by molar-refractivity contribution is -0.116. The van der Waals surface area contributed by atoms with Gasteiger partial charge in [0.2, 0.25) is 5.91 Å². The Morgan fingerprint density at radius 1 is 1.30 bits per heavy atom. The number of amides is 2. The molecule has 0 unspecified atom stereocenters. The van der Waals surface area contributed by atoms with Crippen LogP contribution in [-0.2, 0) is 4.79 Å². The van der Waals surface area contributed by atoms with E-state index in [1.807, 2.05) is 11.4 Å². The highest BCUT2D eigenvalue weighted by molar-refractivity contribution is 7.12. The van der Waals surface area contributed by atoms with Crippen LogP contribution >= 0.6 is 11.3 Å². The van der Waals surface area contributed by atoms with Crippen molar-refractivity contribution < 1.29 is 14.0 Å². The van der Waals surface area contributed by atoms with Crippen LogP contribution < -0.4 is 10.6 Å². The molecular weight excluding hydrogens is 314 g/mol. The van der Waals surface area contributed by atoms with Crippen LogP contribution in [0.2, 0.25) is 0 Å². The van der Waals surface area contributed by atoms with E-state index in [0.717, 1.165) is 0 Å². The number of fused-ring (bicyclic) bond motifs is 1. The fourth-order valence-electron chi connectivity index (χ4n) is 2.13. The number of aryl methyl sites for hydroxylation is 1. The summed E-state index contributed by atoms with van der Waals surface area (Å²) in [5.74, 6) is 0.253. The zero-order chi connectivity index (χ0) is 16.2. The van der Waals surface area contributed by atoms with Crippen molar-refractivity contribution in [1.82, 2.24) is 10.3 Å². The zero-order valence-electron chi connectivity index (χ0n) is 12.5. The number of benzene rings is 1. The van der Waals surface area contributed by atoms with E-state index in [9.17, 15) is 9.59 Å². The molecule has 0 aliphatic heterocycles. The van der Waals surface area contributed by atoms with Crippen molar-refractivity contribution in [2.45, 2.75) is 13.3 Å². The summed E-state index contributed by atoms with van der Waals surface area (Å²) >= 11 is 1.37. The van der Waals surface area contributed by atoms with Crippen molar-refractivity contribution in [2.75, 3.05) is 11.9 Å². The quantitative estimate of drug-likeness (QED) is 0.754. The van der Waals surface area contributed by atoms with Gasteiger partial charge < -0.3 is 15.1 Å². The van der Waals surface area contributed by atoms with Crippen molar-refractivity contribution >= 4 is 39.9 Å². The van der Waals surface area contributed by atoms with Gasteiger partial charge in [0.1, 0.15) is 5.52 Å². The Bertz CT molecular complexity index is 840. The molecule has 0 aliphatic rings. The monoisotopic (exact) mass is 329 g/mol. The standard InChI is InChI=1S/C16H15N3O3S/c1-10-18-12-9-11(4-5-13(12)22-10)19-15(20)6-7-17-16(21)14-3-2-8-23-14/h2-5,8-9H,6-7H2,1H3,(H,17,21)(H,19,20). The molecule has 3 rings (SSSR count). The largest absolute Gasteiger partial charge is 0.441 e. The molecule has 7 heteroatoms. The molecule has 0 saturated heterocycles. The van der Waals surface area contributed by atoms with Gasteiger partial charge in [0.25, 0.3) is 5.91 Å². The second-order valence-corrected chi connectivity index (χ2v) is 5.89. The SMILES string of the molecule is Cc1nc2cc(NC(=O)CCNC(=O)c3cccs3)ccc2o1. The normalized spacial score (nSPS) is 10.7. The second kappa shape index (κ2) is 6.62. The molecule has 0 radical (unpaired) electrons. The Hall–Kier alpha value is -2.67. The van der Waals surface area contributed by atoms with Crippen LogP contribution in [0.25, 0.3) is 11.1 Å². The molecule has 118 valence electrons. The van der Waals surface area contributed by atoms with Gasteiger partial charge in [-0.1, -0.05) is 6.07 Å². The van der Waals surface area contributed by atoms with Gasteiger partial charge in [-0.2, -0.15) is 0 Å². The van der Waals surface area contributed by atoms with Crippen LogP contribution in [0.4, 0.5) is 5.69 Å². The first kappa shape index (κ1) is 15.2. The molecule has 0 atom stereocenters. The second-order valence-electron chi connectivity index (χ2n) is 4.95. The lowest BCUT2D eigenvalue weighted by atomic mass is 10.2. The maximum atomic E-state index is 11.9. The lowest BCUT2D eigenvalue weighted by Crippen LogP contribution is -2.27. The number of nitrogens with one attached hydrogen (secondary N) is 2. The summed E-state index contributed by atoms with van der Waals surface area (Å²) in [4.78, 5) is 28.5. The highest BCUT2D eigenvalue weighted by Crippen LogP contribution is 2.19. The summed E-state index contributed by atoms with van der Waals surface area (Å²) < 4.78 is 5.38. The molecule has 0 fully saturated rings. The van der Waals surface area contributed by atoms with Gasteiger partial charge in [-0.15, -0.1) is 11.3 Å². The summed E-state index contributed by atoms with van der Waals surface area (Å²) in [5, 5.41) is 7.34. The topological polar surface area (TPSA) is 84.2 Å². The van der Waals surface area contributed by atoms with Gasteiger partial charge in [0.05, 0.1) is 4.88 Å². The molecule has 0 spiro atoms. The molecule has 2 N–H and O–H groups in total. The maximum absolute atomic E-state index is 11.9. The molecule has 2 heterocycles. The average molecular weight is 329 g/mol. The van der Waals surface area contributed by atoms with E-state index in [0.29, 0.717) is 27.6 Å². The first-order chi connectivity index (χ1) is 11.1. The van der Waals surface area contributed by atoms with Crippen LogP contribution in [0.3, 0.4) is 0 Å². The summed E-state index contributed by atoms with van der Waals surface area (Å²) in [6.45, 7) is 2.06. The zero-order valence-corrected chi connectivity index (χ0v) is 13.3. The highest BCUT2D eigenvalue weighted by atomic mass is 32.1. The summed E-state index contributed by atoms with van der Waals surface area (Å²) in [6.07, 6.45) is 0.201. The minimum absolute atomic E-state index is 0.160. The van der Waals surface area contributed by atoms with E-state index in [1.165, 1.54) is 11.3 Å². The number of thiophene rings is 1. The third-order valence-electron chi connectivity index (χ3n) is 3.16. The third-order valence-corrected chi connectivity index (χ3v) is 4.03. The summed E-state index contributed by atoms with van der Waals surface area (Å²) in [7, 11) is 0. The summed E-state index contributed by atoms with van der Waals surface area (Å²) in [5.41, 5.74) is 2.04. The number of anilines is 1. The van der Waals surface area contributed by atoms with Crippen molar-refractivity contribution in [3.8, 4) is 0 Å². The van der Waals surface area contributed by atoms with E-state index in [2.05, 4.69) is 15.6 Å². The first-order valence-corrected chi connectivity index (χ1v) is 7.98. The Labute approximate surface area is 136 Å². The molecule has 0 aliphatic carbocycles. The van der Waals surface area contributed by atoms with Crippen LogP contribution in [0.5, 0.6) is 0 Å². The molecule has 23 heavy (non-hydrogen) atoms. The van der Waals surface area contributed by atoms with E-state index in [4.69, 9.17) is 4.42 Å². The fraction of sp³-hybridized carbons (Fsp3) is 0.188. The number of carbonyl (C=O) groups is 2. The Balaban J connectivity index is 1.51. The van der Waals surface area contributed by atoms with E-state index in [1.54, 1.807) is 31.2 Å². The number of hydrogen-bond acceptors (Lipinski definition) is 5. The smallest absolute Gasteiger partial charge is 0.261 e.